The predicted octanol–water partition coefficient (Wildman–Crippen LogP) is 4.94. The number of pyridine rings is 1. The minimum Gasteiger partial charge on any atom is -0.373 e. The maximum Gasteiger partial charge on any atom is 0.433 e. The lowest BCUT2D eigenvalue weighted by Gasteiger charge is -2.21. The van der Waals surface area contributed by atoms with E-state index in [0.29, 0.717) is 30.8 Å². The molecule has 37 heavy (non-hydrogen) atoms. The number of alkyl halides is 3. The number of nitrogens with zero attached hydrogens (tertiary/aromatic N) is 2. The second-order valence-corrected chi connectivity index (χ2v) is 8.75. The SMILES string of the molecule is CCC(NC(=O)c1cc(C(=O)NC(C)c2ccc(F)cc2)n2c1COCC2)c1ccc(C(F)(F)F)nc1. The number of rotatable bonds is 7. The molecule has 2 unspecified atom stereocenters. The highest BCUT2D eigenvalue weighted by Gasteiger charge is 2.32. The van der Waals surface area contributed by atoms with Gasteiger partial charge in [0.05, 0.1) is 36.6 Å². The van der Waals surface area contributed by atoms with Gasteiger partial charge in [-0.1, -0.05) is 25.1 Å². The number of nitrogens with one attached hydrogen (secondary N) is 2. The van der Waals surface area contributed by atoms with Gasteiger partial charge in [-0.2, -0.15) is 13.2 Å². The third-order valence-electron chi connectivity index (χ3n) is 6.29. The van der Waals surface area contributed by atoms with E-state index >= 15 is 0 Å². The fourth-order valence-electron chi connectivity index (χ4n) is 4.25. The fraction of sp³-hybridized carbons (Fsp3) is 0.346. The quantitative estimate of drug-likeness (QED) is 0.434. The molecule has 0 bridgehead atoms. The summed E-state index contributed by atoms with van der Waals surface area (Å²) in [5.41, 5.74) is 1.20. The van der Waals surface area contributed by atoms with E-state index < -0.39 is 35.8 Å². The number of aromatic nitrogens is 2. The fourth-order valence-corrected chi connectivity index (χ4v) is 4.25. The molecular weight excluding hydrogens is 492 g/mol. The van der Waals surface area contributed by atoms with Crippen LogP contribution in [0.1, 0.15) is 75.7 Å². The summed E-state index contributed by atoms with van der Waals surface area (Å²) in [6.45, 7) is 4.42. The number of hydrogen-bond donors (Lipinski definition) is 2. The van der Waals surface area contributed by atoms with Crippen LogP contribution in [0.4, 0.5) is 17.6 Å². The Labute approximate surface area is 210 Å². The lowest BCUT2D eigenvalue weighted by Crippen LogP contribution is -2.31. The first-order valence-corrected chi connectivity index (χ1v) is 11.8. The highest BCUT2D eigenvalue weighted by molar-refractivity contribution is 6.01. The van der Waals surface area contributed by atoms with Crippen molar-refractivity contribution >= 4 is 11.8 Å². The Morgan fingerprint density at radius 3 is 2.41 bits per heavy atom. The van der Waals surface area contributed by atoms with Crippen LogP contribution in [0.2, 0.25) is 0 Å². The number of halogens is 4. The molecule has 3 aromatic rings. The van der Waals surface area contributed by atoms with E-state index in [9.17, 15) is 27.2 Å². The maximum absolute atomic E-state index is 13.2. The zero-order chi connectivity index (χ0) is 26.7. The number of benzene rings is 1. The van der Waals surface area contributed by atoms with E-state index in [2.05, 4.69) is 15.6 Å². The predicted molar refractivity (Wildman–Crippen MR) is 126 cm³/mol. The molecule has 1 aromatic carbocycles. The Balaban J connectivity index is 1.54. The summed E-state index contributed by atoms with van der Waals surface area (Å²) in [6, 6.07) is 8.46. The Morgan fingerprint density at radius 2 is 1.78 bits per heavy atom. The van der Waals surface area contributed by atoms with Crippen LogP contribution in [-0.2, 0) is 24.1 Å². The van der Waals surface area contributed by atoms with Crippen molar-refractivity contribution in [3.63, 3.8) is 0 Å². The van der Waals surface area contributed by atoms with Gasteiger partial charge in [0, 0.05) is 12.7 Å². The molecule has 196 valence electrons. The molecule has 3 heterocycles. The normalized spacial score (nSPS) is 15.0. The Morgan fingerprint density at radius 1 is 1.08 bits per heavy atom. The van der Waals surface area contributed by atoms with E-state index in [4.69, 9.17) is 4.74 Å². The van der Waals surface area contributed by atoms with Crippen LogP contribution in [0.3, 0.4) is 0 Å². The molecule has 7 nitrogen and oxygen atoms in total. The molecule has 0 radical (unpaired) electrons. The van der Waals surface area contributed by atoms with Crippen LogP contribution < -0.4 is 10.6 Å². The van der Waals surface area contributed by atoms with Crippen LogP contribution >= 0.6 is 0 Å². The highest BCUT2D eigenvalue weighted by atomic mass is 19.4. The lowest BCUT2D eigenvalue weighted by molar-refractivity contribution is -0.141. The minimum atomic E-state index is -4.56. The van der Waals surface area contributed by atoms with Gasteiger partial charge in [0.15, 0.2) is 0 Å². The van der Waals surface area contributed by atoms with Crippen molar-refractivity contribution < 1.29 is 31.9 Å². The van der Waals surface area contributed by atoms with Gasteiger partial charge in [-0.15, -0.1) is 0 Å². The van der Waals surface area contributed by atoms with Crippen LogP contribution in [0, 0.1) is 5.82 Å². The smallest absolute Gasteiger partial charge is 0.373 e. The molecule has 0 fully saturated rings. The van der Waals surface area contributed by atoms with E-state index in [1.807, 2.05) is 0 Å². The van der Waals surface area contributed by atoms with Crippen LogP contribution in [-0.4, -0.2) is 28.0 Å². The summed E-state index contributed by atoms with van der Waals surface area (Å²) in [6.07, 6.45) is -3.04. The van der Waals surface area contributed by atoms with Crippen molar-refractivity contribution in [3.05, 3.63) is 88.3 Å². The summed E-state index contributed by atoms with van der Waals surface area (Å²) in [7, 11) is 0. The van der Waals surface area contributed by atoms with E-state index in [1.54, 1.807) is 30.5 Å². The van der Waals surface area contributed by atoms with Crippen molar-refractivity contribution in [1.29, 1.82) is 0 Å². The zero-order valence-electron chi connectivity index (χ0n) is 20.2. The Bertz CT molecular complexity index is 1270. The van der Waals surface area contributed by atoms with Gasteiger partial charge in [0.25, 0.3) is 11.8 Å². The summed E-state index contributed by atoms with van der Waals surface area (Å²) < 4.78 is 59.1. The number of hydrogen-bond acceptors (Lipinski definition) is 4. The second kappa shape index (κ2) is 10.7. The molecule has 0 saturated carbocycles. The molecule has 1 aliphatic heterocycles. The van der Waals surface area contributed by atoms with Crippen LogP contribution in [0.15, 0.2) is 48.7 Å². The van der Waals surface area contributed by atoms with Crippen molar-refractivity contribution in [2.24, 2.45) is 0 Å². The first-order valence-electron chi connectivity index (χ1n) is 11.8. The summed E-state index contributed by atoms with van der Waals surface area (Å²) in [5, 5.41) is 5.71. The molecule has 11 heteroatoms. The molecule has 0 saturated heterocycles. The van der Waals surface area contributed by atoms with E-state index in [0.717, 1.165) is 17.8 Å². The molecule has 2 N–H and O–H groups in total. The third kappa shape index (κ3) is 5.82. The number of amides is 2. The average Bonchev–Trinajstić information content (AvgIpc) is 3.27. The van der Waals surface area contributed by atoms with Gasteiger partial charge < -0.3 is 19.9 Å². The highest BCUT2D eigenvalue weighted by Crippen LogP contribution is 2.29. The van der Waals surface area contributed by atoms with Crippen LogP contribution in [0.25, 0.3) is 0 Å². The minimum absolute atomic E-state index is 0.127. The molecule has 0 aliphatic carbocycles. The zero-order valence-corrected chi connectivity index (χ0v) is 20.2. The lowest BCUT2D eigenvalue weighted by atomic mass is 10.1. The Hall–Kier alpha value is -3.73. The van der Waals surface area contributed by atoms with Crippen molar-refractivity contribution in [3.8, 4) is 0 Å². The monoisotopic (exact) mass is 518 g/mol. The number of ether oxygens (including phenoxy) is 1. The third-order valence-corrected chi connectivity index (χ3v) is 6.29. The van der Waals surface area contributed by atoms with Crippen molar-refractivity contribution in [2.75, 3.05) is 6.61 Å². The topological polar surface area (TPSA) is 85.2 Å². The van der Waals surface area contributed by atoms with E-state index in [1.165, 1.54) is 24.3 Å². The average molecular weight is 519 g/mol. The van der Waals surface area contributed by atoms with Gasteiger partial charge >= 0.3 is 6.18 Å². The standard InChI is InChI=1S/C26H26F4N4O3/c1-3-20(17-6-9-23(31-13-17)26(28,29)30)33-24(35)19-12-21(34-10-11-37-14-22(19)34)25(36)32-15(2)16-4-7-18(27)8-5-16/h4-9,12-13,15,20H,3,10-11,14H2,1-2H3,(H,32,36)(H,33,35). The number of carbonyl (C=O) groups is 2. The molecule has 0 spiro atoms. The van der Waals surface area contributed by atoms with Gasteiger partial charge in [0.1, 0.15) is 17.2 Å². The van der Waals surface area contributed by atoms with Crippen LogP contribution in [0.5, 0.6) is 0 Å². The molecule has 2 amide bonds. The first kappa shape index (κ1) is 26.3. The van der Waals surface area contributed by atoms with E-state index in [-0.39, 0.29) is 23.7 Å². The maximum atomic E-state index is 13.2. The largest absolute Gasteiger partial charge is 0.433 e. The Kier molecular flexibility index (Phi) is 7.63. The molecular formula is C26H26F4N4O3. The van der Waals surface area contributed by atoms with Gasteiger partial charge in [0.2, 0.25) is 0 Å². The van der Waals surface area contributed by atoms with Gasteiger partial charge in [-0.25, -0.2) is 4.39 Å². The van der Waals surface area contributed by atoms with Gasteiger partial charge in [-0.3, -0.25) is 14.6 Å². The summed E-state index contributed by atoms with van der Waals surface area (Å²) in [4.78, 5) is 29.9. The summed E-state index contributed by atoms with van der Waals surface area (Å²) >= 11 is 0. The first-order chi connectivity index (χ1) is 17.6. The molecule has 1 aliphatic rings. The summed E-state index contributed by atoms with van der Waals surface area (Å²) in [5.74, 6) is -1.26. The second-order valence-electron chi connectivity index (χ2n) is 8.75. The van der Waals surface area contributed by atoms with Crippen molar-refractivity contribution in [2.45, 2.75) is 51.7 Å². The number of carbonyl (C=O) groups excluding carboxylic acids is 2. The molecule has 2 aromatic heterocycles. The molecule has 2 atom stereocenters. The molecule has 4 rings (SSSR count). The van der Waals surface area contributed by atoms with Crippen molar-refractivity contribution in [1.82, 2.24) is 20.2 Å². The van der Waals surface area contributed by atoms with Gasteiger partial charge in [-0.05, 0) is 48.7 Å². The number of fused-ring (bicyclic) bond motifs is 1.